The first-order chi connectivity index (χ1) is 14.9. The normalized spacial score (nSPS) is 16.4. The average molecular weight is 414 g/mol. The fourth-order valence-electron chi connectivity index (χ4n) is 4.41. The van der Waals surface area contributed by atoms with Gasteiger partial charge in [-0.05, 0) is 18.1 Å². The summed E-state index contributed by atoms with van der Waals surface area (Å²) in [5.74, 6) is -1.98. The minimum atomic E-state index is -1.32. The number of fused-ring (bicyclic) bond motifs is 3. The van der Waals surface area contributed by atoms with Crippen LogP contribution in [0, 0.1) is 0 Å². The Bertz CT molecular complexity index is 1430. The number of H-pyrrole nitrogens is 1. The van der Waals surface area contributed by atoms with Gasteiger partial charge in [-0.3, -0.25) is 19.1 Å². The molecular weight excluding hydrogens is 398 g/mol. The van der Waals surface area contributed by atoms with Crippen molar-refractivity contribution in [1.82, 2.24) is 9.55 Å². The van der Waals surface area contributed by atoms with Crippen LogP contribution in [0.5, 0.6) is 0 Å². The molecule has 8 nitrogen and oxygen atoms in total. The van der Waals surface area contributed by atoms with E-state index >= 15 is 0 Å². The number of carbonyl (C=O) groups is 2. The summed E-state index contributed by atoms with van der Waals surface area (Å²) in [6.45, 7) is 2.09. The number of aromatic nitrogens is 2. The van der Waals surface area contributed by atoms with Gasteiger partial charge in [0.1, 0.15) is 5.82 Å². The van der Waals surface area contributed by atoms with Gasteiger partial charge in [0.25, 0.3) is 5.56 Å². The van der Waals surface area contributed by atoms with Crippen molar-refractivity contribution < 1.29 is 14.7 Å². The lowest BCUT2D eigenvalue weighted by molar-refractivity contribution is -0.255. The van der Waals surface area contributed by atoms with E-state index in [9.17, 15) is 24.3 Å². The molecule has 31 heavy (non-hydrogen) atoms. The smallest absolute Gasteiger partial charge is 0.329 e. The summed E-state index contributed by atoms with van der Waals surface area (Å²) < 4.78 is 1.41. The monoisotopic (exact) mass is 414 g/mol. The Kier molecular flexibility index (Phi) is 4.04. The largest absolute Gasteiger partial charge is 0.545 e. The number of nitrogens with one attached hydrogen (secondary N) is 2. The van der Waals surface area contributed by atoms with E-state index in [0.717, 1.165) is 0 Å². The summed E-state index contributed by atoms with van der Waals surface area (Å²) >= 11 is 0. The number of hydrogen-bond acceptors (Lipinski definition) is 6. The van der Waals surface area contributed by atoms with Crippen LogP contribution in [0.4, 0.5) is 5.82 Å². The fraction of sp³-hybridized carbons (Fsp3) is 0.130. The van der Waals surface area contributed by atoms with E-state index in [1.165, 1.54) is 16.7 Å². The molecule has 1 aliphatic heterocycles. The molecule has 1 aromatic heterocycles. The van der Waals surface area contributed by atoms with Crippen LogP contribution in [-0.4, -0.2) is 21.3 Å². The Labute approximate surface area is 175 Å². The van der Waals surface area contributed by atoms with Gasteiger partial charge in [-0.2, -0.15) is 0 Å². The molecule has 1 atom stereocenters. The van der Waals surface area contributed by atoms with E-state index in [1.807, 2.05) is 12.1 Å². The number of hydrogen-bond donors (Lipinski definition) is 2. The predicted octanol–water partition coefficient (Wildman–Crippen LogP) is 1.08. The van der Waals surface area contributed by atoms with Gasteiger partial charge >= 0.3 is 5.69 Å². The van der Waals surface area contributed by atoms with Gasteiger partial charge in [0.2, 0.25) is 0 Å². The molecular formula is C23H16N3O5-. The van der Waals surface area contributed by atoms with Crippen molar-refractivity contribution in [1.29, 1.82) is 0 Å². The maximum atomic E-state index is 13.3. The van der Waals surface area contributed by atoms with E-state index in [4.69, 9.17) is 0 Å². The van der Waals surface area contributed by atoms with Crippen molar-refractivity contribution in [3.05, 3.63) is 103 Å². The maximum Gasteiger partial charge on any atom is 0.329 e. The highest BCUT2D eigenvalue weighted by molar-refractivity contribution is 6.23. The predicted molar refractivity (Wildman–Crippen MR) is 111 cm³/mol. The van der Waals surface area contributed by atoms with E-state index < -0.39 is 23.1 Å². The number of allylic oxidation sites excluding steroid dienone is 1. The second kappa shape index (κ2) is 6.66. The Balaban J connectivity index is 1.83. The molecule has 5 rings (SSSR count). The topological polar surface area (TPSA) is 124 Å². The molecule has 0 amide bonds. The molecule has 2 aromatic carbocycles. The van der Waals surface area contributed by atoms with Gasteiger partial charge < -0.3 is 15.2 Å². The lowest BCUT2D eigenvalue weighted by Crippen LogP contribution is -2.38. The highest BCUT2D eigenvalue weighted by atomic mass is 16.4. The van der Waals surface area contributed by atoms with Crippen LogP contribution < -0.4 is 21.7 Å². The summed E-state index contributed by atoms with van der Waals surface area (Å²) in [4.78, 5) is 52.2. The Morgan fingerprint density at radius 3 is 2.35 bits per heavy atom. The fourth-order valence-corrected chi connectivity index (χ4v) is 4.41. The van der Waals surface area contributed by atoms with Crippen LogP contribution in [0.15, 0.2) is 63.7 Å². The number of anilines is 1. The zero-order valence-electron chi connectivity index (χ0n) is 16.4. The number of aromatic carboxylic acids is 1. The van der Waals surface area contributed by atoms with Gasteiger partial charge in [-0.25, -0.2) is 4.79 Å². The quantitative estimate of drug-likeness (QED) is 0.661. The molecule has 8 heteroatoms. The second-order valence-corrected chi connectivity index (χ2v) is 7.40. The van der Waals surface area contributed by atoms with Crippen molar-refractivity contribution in [2.24, 2.45) is 0 Å². The van der Waals surface area contributed by atoms with Crippen LogP contribution >= 0.6 is 0 Å². The molecule has 0 saturated heterocycles. The average Bonchev–Trinajstić information content (AvgIpc) is 3.05. The van der Waals surface area contributed by atoms with E-state index in [2.05, 4.69) is 10.3 Å². The molecule has 2 heterocycles. The number of carboxylic acid groups (broad SMARTS) is 1. The Morgan fingerprint density at radius 1 is 1.03 bits per heavy atom. The first kappa shape index (κ1) is 18.8. The maximum absolute atomic E-state index is 13.3. The molecule has 0 saturated carbocycles. The number of Topliss-reactive ketones (excluding diaryl/α,β-unsaturated/α-hetero) is 1. The highest BCUT2D eigenvalue weighted by Gasteiger charge is 2.42. The van der Waals surface area contributed by atoms with Gasteiger partial charge in [0, 0.05) is 29.2 Å². The van der Waals surface area contributed by atoms with Crippen molar-refractivity contribution in [2.75, 3.05) is 5.32 Å². The molecule has 2 N–H and O–H groups in total. The summed E-state index contributed by atoms with van der Waals surface area (Å²) in [5.41, 5.74) is 1.78. The molecule has 154 valence electrons. The number of aromatic amines is 1. The first-order valence-corrected chi connectivity index (χ1v) is 9.76. The van der Waals surface area contributed by atoms with Gasteiger partial charge in [0.05, 0.1) is 17.2 Å². The van der Waals surface area contributed by atoms with Gasteiger partial charge in [-0.15, -0.1) is 0 Å². The van der Waals surface area contributed by atoms with E-state index in [0.29, 0.717) is 40.3 Å². The molecule has 0 fully saturated rings. The van der Waals surface area contributed by atoms with E-state index in [1.54, 1.807) is 31.2 Å². The summed E-state index contributed by atoms with van der Waals surface area (Å²) in [7, 11) is 0. The van der Waals surface area contributed by atoms with Crippen molar-refractivity contribution >= 4 is 23.3 Å². The number of nitrogens with zero attached hydrogens (tertiary/aromatic N) is 1. The van der Waals surface area contributed by atoms with Gasteiger partial charge in [0.15, 0.2) is 5.78 Å². The van der Waals surface area contributed by atoms with Crippen molar-refractivity contribution in [2.45, 2.75) is 19.4 Å². The molecule has 0 spiro atoms. The molecule has 1 unspecified atom stereocenters. The Morgan fingerprint density at radius 2 is 1.71 bits per heavy atom. The standard InChI is InChI=1S/C23H17N3O5/c1-2-26-20-17(21(28)25-23(26)31)15(11-7-9-12(10-8-11)22(29)30)16-18(24-20)13-5-3-4-6-14(13)19(16)27/h3-10,15,24H,2H2,1H3,(H,29,30)(H,25,28,31)/p-1. The summed E-state index contributed by atoms with van der Waals surface area (Å²) in [6.07, 6.45) is 0. The number of benzene rings is 2. The second-order valence-electron chi connectivity index (χ2n) is 7.40. The van der Waals surface area contributed by atoms with Crippen LogP contribution in [-0.2, 0) is 6.54 Å². The lowest BCUT2D eigenvalue weighted by Gasteiger charge is -2.29. The number of carbonyl (C=O) groups excluding carboxylic acids is 2. The summed E-state index contributed by atoms with van der Waals surface area (Å²) in [5, 5.41) is 14.3. The number of ketones is 1. The number of rotatable bonds is 3. The zero-order chi connectivity index (χ0) is 21.9. The SMILES string of the molecule is CCn1c2c(c(=O)[nH]c1=O)C(c1ccc(C(=O)[O-])cc1)C1=C(N2)c2ccccc2C1=O. The third kappa shape index (κ3) is 2.61. The molecule has 3 aromatic rings. The van der Waals surface area contributed by atoms with Crippen LogP contribution in [0.1, 0.15) is 50.2 Å². The minimum absolute atomic E-state index is 0.0133. The molecule has 0 bridgehead atoms. The molecule has 1 aliphatic carbocycles. The first-order valence-electron chi connectivity index (χ1n) is 9.76. The summed E-state index contributed by atoms with van der Waals surface area (Å²) in [6, 6.07) is 13.0. The van der Waals surface area contributed by atoms with Crippen LogP contribution in [0.3, 0.4) is 0 Å². The highest BCUT2D eigenvalue weighted by Crippen LogP contribution is 2.47. The Hall–Kier alpha value is -4.20. The van der Waals surface area contributed by atoms with Crippen LogP contribution in [0.2, 0.25) is 0 Å². The van der Waals surface area contributed by atoms with E-state index in [-0.39, 0.29) is 16.9 Å². The van der Waals surface area contributed by atoms with Gasteiger partial charge in [-0.1, -0.05) is 48.5 Å². The zero-order valence-corrected chi connectivity index (χ0v) is 16.4. The third-order valence-electron chi connectivity index (χ3n) is 5.81. The third-order valence-corrected chi connectivity index (χ3v) is 5.81. The lowest BCUT2D eigenvalue weighted by atomic mass is 9.81. The number of carboxylic acids is 1. The van der Waals surface area contributed by atoms with Crippen LogP contribution in [0.25, 0.3) is 5.70 Å². The van der Waals surface area contributed by atoms with Crippen molar-refractivity contribution in [3.8, 4) is 0 Å². The van der Waals surface area contributed by atoms with Crippen molar-refractivity contribution in [3.63, 3.8) is 0 Å². The molecule has 2 aliphatic rings. The minimum Gasteiger partial charge on any atom is -0.545 e. The molecule has 0 radical (unpaired) electrons.